The number of alkyl halides is 3. The number of hydrogen-bond donors (Lipinski definition) is 1. The molecule has 2 aromatic heterocycles. The van der Waals surface area contributed by atoms with Gasteiger partial charge in [0.25, 0.3) is 0 Å². The van der Waals surface area contributed by atoms with Crippen LogP contribution in [0.1, 0.15) is 54.2 Å². The van der Waals surface area contributed by atoms with E-state index in [2.05, 4.69) is 16.0 Å². The summed E-state index contributed by atoms with van der Waals surface area (Å²) in [6, 6.07) is 16.6. The number of nitriles is 1. The Morgan fingerprint density at radius 1 is 1.00 bits per heavy atom. The molecule has 39 heavy (non-hydrogen) atoms. The molecule has 2 N–H and O–H groups in total. The van der Waals surface area contributed by atoms with Crippen LogP contribution in [0.15, 0.2) is 73.2 Å². The number of halogens is 3. The maximum absolute atomic E-state index is 14.0. The number of rotatable bonds is 8. The number of amides is 1. The molecule has 0 saturated carbocycles. The van der Waals surface area contributed by atoms with E-state index in [1.807, 2.05) is 30.3 Å². The van der Waals surface area contributed by atoms with Gasteiger partial charge in [0.05, 0.1) is 22.4 Å². The fourth-order valence-corrected chi connectivity index (χ4v) is 4.18. The second-order valence-corrected chi connectivity index (χ2v) is 8.63. The number of pyridine rings is 2. The smallest absolute Gasteiger partial charge is 0.366 e. The Kier molecular flexibility index (Phi) is 7.96. The predicted molar refractivity (Wildman–Crippen MR) is 140 cm³/mol. The zero-order valence-electron chi connectivity index (χ0n) is 20.4. The molecule has 0 aliphatic rings. The Morgan fingerprint density at radius 3 is 2.44 bits per heavy atom. The first-order valence-corrected chi connectivity index (χ1v) is 11.8. The van der Waals surface area contributed by atoms with Crippen LogP contribution in [0.3, 0.4) is 0 Å². The average molecular weight is 527 g/mol. The topological polar surface area (TPSA) is 110 Å². The van der Waals surface area contributed by atoms with E-state index in [0.29, 0.717) is 29.4 Å². The number of aromatic nitrogens is 2. The highest BCUT2D eigenvalue weighted by Crippen LogP contribution is 2.35. The van der Waals surface area contributed by atoms with Gasteiger partial charge in [-0.25, -0.2) is 0 Å². The second kappa shape index (κ2) is 11.5. The SMILES string of the molecule is N#Cc1c(-c2ccccc2)ccnc1/C=C/c1cc(CCc2cncc(C(N)=O)c2)c(C=O)cc1C(F)(F)F. The molecule has 0 aliphatic heterocycles. The van der Waals surface area contributed by atoms with Crippen molar-refractivity contribution in [3.05, 3.63) is 118 Å². The summed E-state index contributed by atoms with van der Waals surface area (Å²) < 4.78 is 41.9. The Bertz CT molecular complexity index is 1610. The van der Waals surface area contributed by atoms with Crippen LogP contribution in [0.25, 0.3) is 23.3 Å². The fourth-order valence-electron chi connectivity index (χ4n) is 4.18. The van der Waals surface area contributed by atoms with Gasteiger partial charge in [0.1, 0.15) is 12.4 Å². The number of benzene rings is 2. The third kappa shape index (κ3) is 6.25. The average Bonchev–Trinajstić information content (AvgIpc) is 2.94. The summed E-state index contributed by atoms with van der Waals surface area (Å²) >= 11 is 0. The highest BCUT2D eigenvalue weighted by Gasteiger charge is 2.33. The molecule has 0 saturated heterocycles. The minimum Gasteiger partial charge on any atom is -0.366 e. The van der Waals surface area contributed by atoms with E-state index in [1.165, 1.54) is 36.8 Å². The summed E-state index contributed by atoms with van der Waals surface area (Å²) in [7, 11) is 0. The Morgan fingerprint density at radius 2 is 1.77 bits per heavy atom. The maximum atomic E-state index is 14.0. The zero-order valence-corrected chi connectivity index (χ0v) is 20.4. The number of carbonyl (C=O) groups excluding carboxylic acids is 2. The molecule has 0 aliphatic carbocycles. The van der Waals surface area contributed by atoms with Crippen molar-refractivity contribution in [3.8, 4) is 17.2 Å². The fraction of sp³-hybridized carbons (Fsp3) is 0.100. The summed E-state index contributed by atoms with van der Waals surface area (Å²) in [5, 5.41) is 9.81. The van der Waals surface area contributed by atoms with Crippen LogP contribution in [0.2, 0.25) is 0 Å². The highest BCUT2D eigenvalue weighted by atomic mass is 19.4. The molecule has 0 radical (unpaired) electrons. The van der Waals surface area contributed by atoms with Gasteiger partial charge in [-0.2, -0.15) is 18.4 Å². The van der Waals surface area contributed by atoms with Crippen LogP contribution in [0.4, 0.5) is 13.2 Å². The first-order valence-electron chi connectivity index (χ1n) is 11.8. The van der Waals surface area contributed by atoms with Crippen molar-refractivity contribution in [2.75, 3.05) is 0 Å². The first-order chi connectivity index (χ1) is 18.7. The van der Waals surface area contributed by atoms with Gasteiger partial charge >= 0.3 is 6.18 Å². The standard InChI is InChI=1S/C30H21F3N4O2/c31-30(32,33)27-14-24(18-38)21(7-6-19-12-23(29(35)39)17-36-16-19)13-22(27)8-9-28-26(15-34)25(10-11-37-28)20-4-2-1-3-5-20/h1-5,8-14,16-18H,6-7H2,(H2,35,39)/b9-8+. The van der Waals surface area contributed by atoms with Crippen molar-refractivity contribution in [3.63, 3.8) is 0 Å². The van der Waals surface area contributed by atoms with Gasteiger partial charge < -0.3 is 5.73 Å². The number of hydrogen-bond acceptors (Lipinski definition) is 5. The van der Waals surface area contributed by atoms with Gasteiger partial charge in [-0.15, -0.1) is 0 Å². The predicted octanol–water partition coefficient (Wildman–Crippen LogP) is 5.90. The van der Waals surface area contributed by atoms with Crippen molar-refractivity contribution >= 4 is 24.3 Å². The number of primary amides is 1. The molecule has 194 valence electrons. The summed E-state index contributed by atoms with van der Waals surface area (Å²) in [5.41, 5.74) is 7.07. The van der Waals surface area contributed by atoms with Crippen LogP contribution < -0.4 is 5.73 Å². The van der Waals surface area contributed by atoms with Gasteiger partial charge in [-0.05, 0) is 59.4 Å². The zero-order chi connectivity index (χ0) is 28.0. The number of aryl methyl sites for hydroxylation is 2. The van der Waals surface area contributed by atoms with E-state index in [0.717, 1.165) is 11.6 Å². The minimum atomic E-state index is -4.73. The van der Waals surface area contributed by atoms with Crippen LogP contribution >= 0.6 is 0 Å². The number of nitrogens with zero attached hydrogens (tertiary/aromatic N) is 3. The van der Waals surface area contributed by atoms with Gasteiger partial charge in [0.2, 0.25) is 5.91 Å². The van der Waals surface area contributed by atoms with E-state index in [1.54, 1.807) is 12.1 Å². The molecule has 2 heterocycles. The van der Waals surface area contributed by atoms with Gasteiger partial charge in [0, 0.05) is 29.7 Å². The largest absolute Gasteiger partial charge is 0.417 e. The summed E-state index contributed by atoms with van der Waals surface area (Å²) in [6.07, 6.45) is 3.11. The molecule has 0 fully saturated rings. The molecule has 2 aromatic carbocycles. The van der Waals surface area contributed by atoms with Crippen molar-refractivity contribution in [2.45, 2.75) is 19.0 Å². The van der Waals surface area contributed by atoms with Crippen LogP contribution in [-0.4, -0.2) is 22.2 Å². The molecule has 9 heteroatoms. The number of carbonyl (C=O) groups is 2. The van der Waals surface area contributed by atoms with Gasteiger partial charge in [-0.1, -0.05) is 42.5 Å². The third-order valence-electron chi connectivity index (χ3n) is 6.10. The van der Waals surface area contributed by atoms with Crippen molar-refractivity contribution in [1.82, 2.24) is 9.97 Å². The third-order valence-corrected chi connectivity index (χ3v) is 6.10. The molecule has 0 spiro atoms. The first kappa shape index (κ1) is 26.9. The molecular formula is C30H21F3N4O2. The van der Waals surface area contributed by atoms with Crippen molar-refractivity contribution < 1.29 is 22.8 Å². The van der Waals surface area contributed by atoms with Crippen molar-refractivity contribution in [2.24, 2.45) is 5.73 Å². The van der Waals surface area contributed by atoms with E-state index >= 15 is 0 Å². The van der Waals surface area contributed by atoms with Crippen LogP contribution in [-0.2, 0) is 19.0 Å². The van der Waals surface area contributed by atoms with Gasteiger partial charge in [-0.3, -0.25) is 19.6 Å². The van der Waals surface area contributed by atoms with E-state index in [-0.39, 0.29) is 34.4 Å². The molecule has 6 nitrogen and oxygen atoms in total. The Hall–Kier alpha value is -5.10. The van der Waals surface area contributed by atoms with Crippen molar-refractivity contribution in [1.29, 1.82) is 5.26 Å². The molecule has 4 aromatic rings. The van der Waals surface area contributed by atoms with Crippen LogP contribution in [0.5, 0.6) is 0 Å². The van der Waals surface area contributed by atoms with Gasteiger partial charge in [0.15, 0.2) is 0 Å². The molecule has 1 amide bonds. The Balaban J connectivity index is 1.74. The minimum absolute atomic E-state index is 0.0968. The lowest BCUT2D eigenvalue weighted by Gasteiger charge is -2.15. The molecule has 4 rings (SSSR count). The monoisotopic (exact) mass is 526 g/mol. The van der Waals surface area contributed by atoms with E-state index in [4.69, 9.17) is 5.73 Å². The summed E-state index contributed by atoms with van der Waals surface area (Å²) in [4.78, 5) is 31.3. The molecule has 0 bridgehead atoms. The molecule has 0 unspecified atom stereocenters. The number of nitrogens with two attached hydrogens (primary N) is 1. The Labute approximate surface area is 222 Å². The lowest BCUT2D eigenvalue weighted by Crippen LogP contribution is -2.12. The number of aldehydes is 1. The lowest BCUT2D eigenvalue weighted by molar-refractivity contribution is -0.137. The summed E-state index contributed by atoms with van der Waals surface area (Å²) in [6.45, 7) is 0. The van der Waals surface area contributed by atoms with E-state index in [9.17, 15) is 28.0 Å². The lowest BCUT2D eigenvalue weighted by atomic mass is 9.93. The quantitative estimate of drug-likeness (QED) is 0.288. The molecular weight excluding hydrogens is 505 g/mol. The van der Waals surface area contributed by atoms with Crippen LogP contribution in [0, 0.1) is 11.3 Å². The normalized spacial score (nSPS) is 11.3. The highest BCUT2D eigenvalue weighted by molar-refractivity contribution is 5.92. The second-order valence-electron chi connectivity index (χ2n) is 8.63. The molecule has 0 atom stereocenters. The van der Waals surface area contributed by atoms with E-state index < -0.39 is 17.6 Å². The maximum Gasteiger partial charge on any atom is 0.417 e. The summed E-state index contributed by atoms with van der Waals surface area (Å²) in [5.74, 6) is -0.651.